The fraction of sp³-hybridized carbons (Fsp3) is 0.500. The predicted octanol–water partition coefficient (Wildman–Crippen LogP) is 0.182. The predicted molar refractivity (Wildman–Crippen MR) is 81.4 cm³/mol. The lowest BCUT2D eigenvalue weighted by atomic mass is 9.83. The van der Waals surface area contributed by atoms with Crippen LogP contribution in [0.15, 0.2) is 24.3 Å². The van der Waals surface area contributed by atoms with Crippen LogP contribution < -0.4 is 10.6 Å². The summed E-state index contributed by atoms with van der Waals surface area (Å²) in [6.07, 6.45) is -0.443. The molecule has 1 aliphatic rings. The molecule has 1 aliphatic carbocycles. The van der Waals surface area contributed by atoms with Crippen molar-refractivity contribution in [2.75, 3.05) is 20.8 Å². The van der Waals surface area contributed by atoms with Gasteiger partial charge in [0.05, 0.1) is 12.1 Å². The fourth-order valence-electron chi connectivity index (χ4n) is 2.35. The molecule has 1 aromatic rings. The van der Waals surface area contributed by atoms with Gasteiger partial charge in [0.1, 0.15) is 0 Å². The second-order valence-corrected chi connectivity index (χ2v) is 5.36. The maximum atomic E-state index is 11.7. The van der Waals surface area contributed by atoms with Gasteiger partial charge in [-0.2, -0.15) is 0 Å². The molecule has 6 nitrogen and oxygen atoms in total. The second-order valence-electron chi connectivity index (χ2n) is 5.36. The Morgan fingerprint density at radius 3 is 2.09 bits per heavy atom. The van der Waals surface area contributed by atoms with E-state index in [0.717, 1.165) is 5.56 Å². The standard InChI is InChI=1S/C16H22N2O4/c1-10-4-6-11(7-5-10)8-17-13-14(16(20)15(13)19)18-9-12(21-2)22-3/h4-7,12-14,17-18H,8-9H2,1-3H3. The highest BCUT2D eigenvalue weighted by atomic mass is 16.7. The van der Waals surface area contributed by atoms with E-state index in [1.807, 2.05) is 31.2 Å². The van der Waals surface area contributed by atoms with Crippen molar-refractivity contribution >= 4 is 11.6 Å². The van der Waals surface area contributed by atoms with E-state index in [1.54, 1.807) is 0 Å². The first kappa shape index (κ1) is 16.8. The van der Waals surface area contributed by atoms with Gasteiger partial charge in [-0.3, -0.25) is 9.59 Å². The number of carbonyl (C=O) groups is 2. The second kappa shape index (κ2) is 7.60. The zero-order valence-electron chi connectivity index (χ0n) is 13.1. The van der Waals surface area contributed by atoms with E-state index in [1.165, 1.54) is 19.8 Å². The van der Waals surface area contributed by atoms with Gasteiger partial charge in [0, 0.05) is 27.3 Å². The molecular formula is C16H22N2O4. The van der Waals surface area contributed by atoms with Gasteiger partial charge in [0.15, 0.2) is 6.29 Å². The van der Waals surface area contributed by atoms with Gasteiger partial charge in [-0.1, -0.05) is 29.8 Å². The number of carbonyl (C=O) groups excluding carboxylic acids is 2. The monoisotopic (exact) mass is 306 g/mol. The summed E-state index contributed by atoms with van der Waals surface area (Å²) in [6, 6.07) is 7.02. The Bertz CT molecular complexity index is 525. The molecule has 1 saturated carbocycles. The maximum absolute atomic E-state index is 11.7. The van der Waals surface area contributed by atoms with Crippen LogP contribution in [0.25, 0.3) is 0 Å². The Morgan fingerprint density at radius 1 is 1.00 bits per heavy atom. The smallest absolute Gasteiger partial charge is 0.219 e. The molecule has 0 heterocycles. The highest BCUT2D eigenvalue weighted by molar-refractivity contribution is 6.49. The summed E-state index contributed by atoms with van der Waals surface area (Å²) in [6.45, 7) is 2.91. The first-order valence-electron chi connectivity index (χ1n) is 7.22. The van der Waals surface area contributed by atoms with Crippen LogP contribution in [-0.2, 0) is 25.6 Å². The summed E-state index contributed by atoms with van der Waals surface area (Å²) in [7, 11) is 3.05. The third-order valence-electron chi connectivity index (χ3n) is 3.82. The minimum Gasteiger partial charge on any atom is -0.355 e. The van der Waals surface area contributed by atoms with Crippen molar-refractivity contribution in [3.05, 3.63) is 35.4 Å². The van der Waals surface area contributed by atoms with E-state index in [-0.39, 0.29) is 5.78 Å². The number of hydrogen-bond donors (Lipinski definition) is 2. The van der Waals surface area contributed by atoms with Crippen LogP contribution in [-0.4, -0.2) is 50.7 Å². The summed E-state index contributed by atoms with van der Waals surface area (Å²) in [5.41, 5.74) is 2.26. The molecule has 2 N–H and O–H groups in total. The molecule has 2 rings (SSSR count). The number of nitrogens with one attached hydrogen (secondary N) is 2. The number of rotatable bonds is 8. The molecule has 2 atom stereocenters. The van der Waals surface area contributed by atoms with Gasteiger partial charge in [-0.05, 0) is 12.5 Å². The van der Waals surface area contributed by atoms with Crippen LogP contribution in [0.3, 0.4) is 0 Å². The summed E-state index contributed by atoms with van der Waals surface area (Å²) in [5.74, 6) is -0.775. The van der Waals surface area contributed by atoms with E-state index < -0.39 is 24.2 Å². The highest BCUT2D eigenvalue weighted by Crippen LogP contribution is 2.14. The Labute approximate surface area is 130 Å². The quantitative estimate of drug-likeness (QED) is 0.527. The number of ether oxygens (including phenoxy) is 2. The van der Waals surface area contributed by atoms with Crippen LogP contribution >= 0.6 is 0 Å². The minimum absolute atomic E-state index is 0.347. The van der Waals surface area contributed by atoms with Crippen LogP contribution in [0, 0.1) is 6.92 Å². The minimum atomic E-state index is -0.522. The largest absolute Gasteiger partial charge is 0.355 e. The van der Waals surface area contributed by atoms with Gasteiger partial charge < -0.3 is 20.1 Å². The summed E-state index contributed by atoms with van der Waals surface area (Å²) < 4.78 is 10.1. The van der Waals surface area contributed by atoms with Crippen LogP contribution in [0.4, 0.5) is 0 Å². The summed E-state index contributed by atoms with van der Waals surface area (Å²) in [5, 5.41) is 6.14. The molecule has 120 valence electrons. The van der Waals surface area contributed by atoms with E-state index in [9.17, 15) is 9.59 Å². The van der Waals surface area contributed by atoms with Crippen LogP contribution in [0.1, 0.15) is 11.1 Å². The van der Waals surface area contributed by atoms with Gasteiger partial charge in [0.2, 0.25) is 11.6 Å². The van der Waals surface area contributed by atoms with Gasteiger partial charge >= 0.3 is 0 Å². The molecule has 1 fully saturated rings. The van der Waals surface area contributed by atoms with Crippen molar-refractivity contribution in [3.63, 3.8) is 0 Å². The molecule has 0 saturated heterocycles. The highest BCUT2D eigenvalue weighted by Gasteiger charge is 2.48. The van der Waals surface area contributed by atoms with Crippen molar-refractivity contribution in [3.8, 4) is 0 Å². The molecule has 1 aromatic carbocycles. The maximum Gasteiger partial charge on any atom is 0.219 e. The SMILES string of the molecule is COC(CNC1C(=O)C(=O)C1NCc1ccc(C)cc1)OC. The first-order valence-corrected chi connectivity index (χ1v) is 7.22. The topological polar surface area (TPSA) is 76.7 Å². The third-order valence-corrected chi connectivity index (χ3v) is 3.82. The van der Waals surface area contributed by atoms with Crippen molar-refractivity contribution in [1.29, 1.82) is 0 Å². The van der Waals surface area contributed by atoms with Crippen LogP contribution in [0.2, 0.25) is 0 Å². The normalized spacial score (nSPS) is 21.3. The molecule has 0 amide bonds. The van der Waals surface area contributed by atoms with Crippen molar-refractivity contribution in [2.45, 2.75) is 31.8 Å². The zero-order chi connectivity index (χ0) is 16.1. The third kappa shape index (κ3) is 3.78. The first-order chi connectivity index (χ1) is 10.6. The molecule has 6 heteroatoms. The lowest BCUT2D eigenvalue weighted by Crippen LogP contribution is -2.69. The Morgan fingerprint density at radius 2 is 1.55 bits per heavy atom. The van der Waals surface area contributed by atoms with Crippen molar-refractivity contribution in [1.82, 2.24) is 10.6 Å². The number of hydrogen-bond acceptors (Lipinski definition) is 6. The lowest BCUT2D eigenvalue weighted by molar-refractivity contribution is -0.148. The lowest BCUT2D eigenvalue weighted by Gasteiger charge is -2.35. The van der Waals surface area contributed by atoms with Gasteiger partial charge in [0.25, 0.3) is 0 Å². The van der Waals surface area contributed by atoms with Gasteiger partial charge in [-0.25, -0.2) is 0 Å². The molecular weight excluding hydrogens is 284 g/mol. The van der Waals surface area contributed by atoms with E-state index in [0.29, 0.717) is 13.1 Å². The average molecular weight is 306 g/mol. The molecule has 0 bridgehead atoms. The Kier molecular flexibility index (Phi) is 5.79. The summed E-state index contributed by atoms with van der Waals surface area (Å²) in [4.78, 5) is 23.4. The Hall–Kier alpha value is -1.60. The van der Waals surface area contributed by atoms with E-state index >= 15 is 0 Å². The molecule has 2 unspecified atom stereocenters. The molecule has 0 aromatic heterocycles. The number of methoxy groups -OCH3 is 2. The van der Waals surface area contributed by atoms with E-state index in [4.69, 9.17) is 9.47 Å². The molecule has 0 aliphatic heterocycles. The van der Waals surface area contributed by atoms with Crippen LogP contribution in [0.5, 0.6) is 0 Å². The van der Waals surface area contributed by atoms with Gasteiger partial charge in [-0.15, -0.1) is 0 Å². The number of Topliss-reactive ketones (excluding diaryl/α,β-unsaturated/α-hetero) is 2. The molecule has 22 heavy (non-hydrogen) atoms. The molecule has 0 radical (unpaired) electrons. The molecule has 0 spiro atoms. The van der Waals surface area contributed by atoms with E-state index in [2.05, 4.69) is 10.6 Å². The fourth-order valence-corrected chi connectivity index (χ4v) is 2.35. The summed E-state index contributed by atoms with van der Waals surface area (Å²) >= 11 is 0. The average Bonchev–Trinajstić information content (AvgIpc) is 2.54. The number of benzene rings is 1. The Balaban J connectivity index is 1.87. The van der Waals surface area contributed by atoms with Crippen molar-refractivity contribution < 1.29 is 19.1 Å². The van der Waals surface area contributed by atoms with Crippen molar-refractivity contribution in [2.24, 2.45) is 0 Å². The zero-order valence-corrected chi connectivity index (χ0v) is 13.1. The number of ketones is 2. The number of aryl methyl sites for hydroxylation is 1.